The van der Waals surface area contributed by atoms with E-state index in [0.29, 0.717) is 11.8 Å². The number of fused-ring (bicyclic) bond motifs is 1. The number of carbonyl (C=O) groups is 1. The van der Waals surface area contributed by atoms with Crippen molar-refractivity contribution < 1.29 is 9.90 Å². The number of hydrogen-bond donors (Lipinski definition) is 1. The van der Waals surface area contributed by atoms with Gasteiger partial charge in [-0.15, -0.1) is 0 Å². The Morgan fingerprint density at radius 2 is 1.35 bits per heavy atom. The Kier molecular flexibility index (Phi) is 4.87. The lowest BCUT2D eigenvalue weighted by molar-refractivity contribution is -0.143. The third kappa shape index (κ3) is 3.46. The second-order valence-electron chi connectivity index (χ2n) is 6.00. The summed E-state index contributed by atoms with van der Waals surface area (Å²) in [4.78, 5) is 11.3. The Labute approximate surface area is 105 Å². The van der Waals surface area contributed by atoms with E-state index in [0.717, 1.165) is 6.42 Å². The zero-order chi connectivity index (χ0) is 12.1. The molecular weight excluding hydrogens is 212 g/mol. The molecule has 3 unspecified atom stereocenters. The van der Waals surface area contributed by atoms with E-state index < -0.39 is 5.97 Å². The summed E-state index contributed by atoms with van der Waals surface area (Å²) < 4.78 is 0. The zero-order valence-electron chi connectivity index (χ0n) is 10.9. The number of hydrogen-bond acceptors (Lipinski definition) is 1. The van der Waals surface area contributed by atoms with Gasteiger partial charge in [-0.3, -0.25) is 4.79 Å². The first-order valence-corrected chi connectivity index (χ1v) is 7.52. The molecule has 0 aromatic heterocycles. The van der Waals surface area contributed by atoms with Crippen molar-refractivity contribution in [1.82, 2.24) is 0 Å². The predicted molar refractivity (Wildman–Crippen MR) is 68.9 cm³/mol. The average molecular weight is 238 g/mol. The van der Waals surface area contributed by atoms with Crippen LogP contribution in [0.15, 0.2) is 0 Å². The lowest BCUT2D eigenvalue weighted by atomic mass is 9.83. The normalized spacial score (nSPS) is 35.9. The highest BCUT2D eigenvalue weighted by Gasteiger charge is 2.39. The van der Waals surface area contributed by atoms with Crippen molar-refractivity contribution in [2.75, 3.05) is 0 Å². The van der Waals surface area contributed by atoms with Crippen molar-refractivity contribution in [3.05, 3.63) is 0 Å². The van der Waals surface area contributed by atoms with Gasteiger partial charge < -0.3 is 5.11 Å². The van der Waals surface area contributed by atoms with Crippen LogP contribution in [-0.2, 0) is 4.79 Å². The molecule has 0 aromatic carbocycles. The highest BCUT2D eigenvalue weighted by atomic mass is 16.4. The lowest BCUT2D eigenvalue weighted by Gasteiger charge is -2.22. The lowest BCUT2D eigenvalue weighted by Crippen LogP contribution is -2.22. The van der Waals surface area contributed by atoms with Crippen molar-refractivity contribution in [1.29, 1.82) is 0 Å². The van der Waals surface area contributed by atoms with E-state index in [9.17, 15) is 9.90 Å². The van der Waals surface area contributed by atoms with Crippen molar-refractivity contribution in [3.8, 4) is 0 Å². The molecule has 0 bridgehead atoms. The SMILES string of the molecule is O=C(O)C1CCC2CCCCCCCCCC21. The van der Waals surface area contributed by atoms with Crippen LogP contribution in [0.2, 0.25) is 0 Å². The molecule has 2 fully saturated rings. The fourth-order valence-corrected chi connectivity index (χ4v) is 3.92. The van der Waals surface area contributed by atoms with Crippen LogP contribution in [0.1, 0.15) is 70.6 Å². The molecule has 1 N–H and O–H groups in total. The molecule has 2 nitrogen and oxygen atoms in total. The Bertz CT molecular complexity index is 249. The zero-order valence-corrected chi connectivity index (χ0v) is 10.9. The van der Waals surface area contributed by atoms with E-state index in [2.05, 4.69) is 0 Å². The van der Waals surface area contributed by atoms with Gasteiger partial charge in [0.1, 0.15) is 0 Å². The molecule has 98 valence electrons. The van der Waals surface area contributed by atoms with Crippen LogP contribution in [0.25, 0.3) is 0 Å². The Morgan fingerprint density at radius 1 is 0.765 bits per heavy atom. The van der Waals surface area contributed by atoms with Crippen LogP contribution in [-0.4, -0.2) is 11.1 Å². The van der Waals surface area contributed by atoms with Gasteiger partial charge in [-0.1, -0.05) is 51.4 Å². The number of carboxylic acid groups (broad SMARTS) is 1. The molecule has 2 rings (SSSR count). The summed E-state index contributed by atoms with van der Waals surface area (Å²) in [5.41, 5.74) is 0. The Morgan fingerprint density at radius 3 is 2.00 bits per heavy atom. The molecule has 2 saturated carbocycles. The van der Waals surface area contributed by atoms with Crippen LogP contribution >= 0.6 is 0 Å². The first kappa shape index (κ1) is 12.9. The van der Waals surface area contributed by atoms with Gasteiger partial charge in [0.2, 0.25) is 0 Å². The van der Waals surface area contributed by atoms with E-state index in [1.54, 1.807) is 0 Å². The van der Waals surface area contributed by atoms with E-state index in [1.165, 1.54) is 64.2 Å². The Balaban J connectivity index is 1.95. The second kappa shape index (κ2) is 6.42. The van der Waals surface area contributed by atoms with Gasteiger partial charge in [-0.2, -0.15) is 0 Å². The second-order valence-corrected chi connectivity index (χ2v) is 6.00. The maximum absolute atomic E-state index is 11.3. The van der Waals surface area contributed by atoms with E-state index >= 15 is 0 Å². The first-order valence-electron chi connectivity index (χ1n) is 7.52. The highest BCUT2D eigenvalue weighted by molar-refractivity contribution is 5.70. The molecule has 0 heterocycles. The third-order valence-corrected chi connectivity index (χ3v) is 4.90. The monoisotopic (exact) mass is 238 g/mol. The maximum atomic E-state index is 11.3. The standard InChI is InChI=1S/C15H26O2/c16-15(17)14-11-10-12-8-6-4-2-1-3-5-7-9-13(12)14/h12-14H,1-11H2,(H,16,17). The number of rotatable bonds is 1. The van der Waals surface area contributed by atoms with Crippen molar-refractivity contribution >= 4 is 5.97 Å². The average Bonchev–Trinajstić information content (AvgIpc) is 2.68. The smallest absolute Gasteiger partial charge is 0.306 e. The highest BCUT2D eigenvalue weighted by Crippen LogP contribution is 2.43. The van der Waals surface area contributed by atoms with Gasteiger partial charge in [0.05, 0.1) is 5.92 Å². The summed E-state index contributed by atoms with van der Waals surface area (Å²) in [5.74, 6) is 0.646. The molecule has 2 aliphatic carbocycles. The molecule has 0 aliphatic heterocycles. The van der Waals surface area contributed by atoms with Crippen molar-refractivity contribution in [2.24, 2.45) is 17.8 Å². The summed E-state index contributed by atoms with van der Waals surface area (Å²) in [6, 6.07) is 0. The Hall–Kier alpha value is -0.530. The van der Waals surface area contributed by atoms with Gasteiger partial charge in [0.15, 0.2) is 0 Å². The molecular formula is C15H26O2. The predicted octanol–water partition coefficient (Wildman–Crippen LogP) is 4.24. The minimum Gasteiger partial charge on any atom is -0.481 e. The molecule has 2 aliphatic rings. The largest absolute Gasteiger partial charge is 0.481 e. The molecule has 2 heteroatoms. The molecule has 3 atom stereocenters. The quantitative estimate of drug-likeness (QED) is 0.742. The topological polar surface area (TPSA) is 37.3 Å². The maximum Gasteiger partial charge on any atom is 0.306 e. The van der Waals surface area contributed by atoms with Gasteiger partial charge in [-0.05, 0) is 31.1 Å². The van der Waals surface area contributed by atoms with Crippen LogP contribution in [0.3, 0.4) is 0 Å². The van der Waals surface area contributed by atoms with Gasteiger partial charge in [0, 0.05) is 0 Å². The number of carboxylic acids is 1. The van der Waals surface area contributed by atoms with Crippen molar-refractivity contribution in [2.45, 2.75) is 70.6 Å². The molecule has 0 spiro atoms. The summed E-state index contributed by atoms with van der Waals surface area (Å²) >= 11 is 0. The number of aliphatic carboxylic acids is 1. The summed E-state index contributed by atoms with van der Waals surface area (Å²) in [6.07, 6.45) is 13.9. The van der Waals surface area contributed by atoms with Crippen molar-refractivity contribution in [3.63, 3.8) is 0 Å². The van der Waals surface area contributed by atoms with E-state index in [4.69, 9.17) is 0 Å². The van der Waals surface area contributed by atoms with E-state index in [1.807, 2.05) is 0 Å². The molecule has 0 radical (unpaired) electrons. The fourth-order valence-electron chi connectivity index (χ4n) is 3.92. The van der Waals surface area contributed by atoms with Crippen LogP contribution in [0, 0.1) is 17.8 Å². The third-order valence-electron chi connectivity index (χ3n) is 4.90. The van der Waals surface area contributed by atoms with Crippen LogP contribution in [0.5, 0.6) is 0 Å². The summed E-state index contributed by atoms with van der Waals surface area (Å²) in [7, 11) is 0. The fraction of sp³-hybridized carbons (Fsp3) is 0.933. The van der Waals surface area contributed by atoms with Gasteiger partial charge >= 0.3 is 5.97 Å². The summed E-state index contributed by atoms with van der Waals surface area (Å²) in [6.45, 7) is 0. The van der Waals surface area contributed by atoms with Crippen LogP contribution < -0.4 is 0 Å². The van der Waals surface area contributed by atoms with Gasteiger partial charge in [0.25, 0.3) is 0 Å². The molecule has 0 amide bonds. The van der Waals surface area contributed by atoms with E-state index in [-0.39, 0.29) is 5.92 Å². The minimum absolute atomic E-state index is 0.0271. The minimum atomic E-state index is -0.535. The van der Waals surface area contributed by atoms with Gasteiger partial charge in [-0.25, -0.2) is 0 Å². The van der Waals surface area contributed by atoms with Crippen LogP contribution in [0.4, 0.5) is 0 Å². The molecule has 17 heavy (non-hydrogen) atoms. The molecule has 0 saturated heterocycles. The first-order chi connectivity index (χ1) is 8.29. The summed E-state index contributed by atoms with van der Waals surface area (Å²) in [5, 5.41) is 9.30. The molecule has 0 aromatic rings.